The van der Waals surface area contributed by atoms with Crippen LogP contribution in [0.25, 0.3) is 16.4 Å². The van der Waals surface area contributed by atoms with E-state index in [0.29, 0.717) is 0 Å². The van der Waals surface area contributed by atoms with Crippen molar-refractivity contribution in [1.29, 1.82) is 0 Å². The standard InChI is InChI=1S/C27H16N2O/c30-26-21-22-17-9-3-5-11-19(17)27(22)20-12-6-4-10-18(20)23(27)24(21)29-14-13-15-7-1-2-8-16(15)25(29)28-26/h1-14,22-23H. The molecule has 3 unspecified atom stereocenters. The Bertz CT molecular complexity index is 1650. The molecule has 2 heterocycles. The van der Waals surface area contributed by atoms with Crippen LogP contribution in [-0.4, -0.2) is 9.38 Å². The van der Waals surface area contributed by atoms with Gasteiger partial charge in [-0.25, -0.2) is 0 Å². The lowest BCUT2D eigenvalue weighted by molar-refractivity contribution is 0.329. The smallest absolute Gasteiger partial charge is 0.277 e. The van der Waals surface area contributed by atoms with E-state index in [2.05, 4.69) is 82.3 Å². The second-order valence-corrected chi connectivity index (χ2v) is 8.72. The van der Waals surface area contributed by atoms with Crippen LogP contribution in [0.1, 0.15) is 45.3 Å². The molecule has 0 saturated heterocycles. The Balaban J connectivity index is 1.58. The van der Waals surface area contributed by atoms with Gasteiger partial charge in [0.15, 0.2) is 0 Å². The predicted molar refractivity (Wildman–Crippen MR) is 116 cm³/mol. The maximum absolute atomic E-state index is 13.5. The van der Waals surface area contributed by atoms with E-state index in [1.807, 2.05) is 12.1 Å². The topological polar surface area (TPSA) is 34.4 Å². The van der Waals surface area contributed by atoms with Crippen molar-refractivity contribution >= 4 is 16.4 Å². The Hall–Kier alpha value is -3.72. The zero-order valence-corrected chi connectivity index (χ0v) is 16.0. The highest BCUT2D eigenvalue weighted by Crippen LogP contribution is 2.76. The molecular formula is C27H16N2O. The summed E-state index contributed by atoms with van der Waals surface area (Å²) in [5.41, 5.74) is 8.01. The molecule has 0 fully saturated rings. The van der Waals surface area contributed by atoms with Crippen molar-refractivity contribution in [1.82, 2.24) is 9.38 Å². The van der Waals surface area contributed by atoms with Gasteiger partial charge in [0.05, 0.1) is 0 Å². The molecule has 3 nitrogen and oxygen atoms in total. The van der Waals surface area contributed by atoms with E-state index in [1.165, 1.54) is 22.3 Å². The van der Waals surface area contributed by atoms with Crippen molar-refractivity contribution in [3.63, 3.8) is 0 Å². The number of fused-ring (bicyclic) bond motifs is 11. The van der Waals surface area contributed by atoms with Gasteiger partial charge in [-0.15, -0.1) is 0 Å². The van der Waals surface area contributed by atoms with Crippen LogP contribution in [0, 0.1) is 0 Å². The Morgan fingerprint density at radius 1 is 0.767 bits per heavy atom. The quantitative estimate of drug-likeness (QED) is 0.362. The Morgan fingerprint density at radius 3 is 2.23 bits per heavy atom. The predicted octanol–water partition coefficient (Wildman–Crippen LogP) is 4.74. The first-order valence-corrected chi connectivity index (χ1v) is 10.4. The van der Waals surface area contributed by atoms with E-state index in [0.717, 1.165) is 27.7 Å². The molecule has 30 heavy (non-hydrogen) atoms. The molecular weight excluding hydrogens is 368 g/mol. The number of pyridine rings is 1. The fourth-order valence-corrected chi connectivity index (χ4v) is 6.74. The van der Waals surface area contributed by atoms with Crippen LogP contribution in [0.4, 0.5) is 0 Å². The first-order chi connectivity index (χ1) is 14.8. The maximum atomic E-state index is 13.5. The zero-order valence-electron chi connectivity index (χ0n) is 16.0. The number of benzene rings is 3. The summed E-state index contributed by atoms with van der Waals surface area (Å²) in [7, 11) is 0. The minimum atomic E-state index is -0.108. The SMILES string of the molecule is O=c1nc2c3ccccc3ccn2c2c1C1c3ccccc3C13c1ccccc1C23. The molecule has 140 valence electrons. The van der Waals surface area contributed by atoms with Gasteiger partial charge in [-0.3, -0.25) is 4.79 Å². The van der Waals surface area contributed by atoms with Crippen LogP contribution in [0.5, 0.6) is 0 Å². The monoisotopic (exact) mass is 384 g/mol. The van der Waals surface area contributed by atoms with E-state index in [-0.39, 0.29) is 22.8 Å². The van der Waals surface area contributed by atoms with Crippen molar-refractivity contribution in [3.05, 3.63) is 129 Å². The maximum Gasteiger partial charge on any atom is 0.277 e. The average molecular weight is 384 g/mol. The summed E-state index contributed by atoms with van der Waals surface area (Å²) in [6.45, 7) is 0. The first-order valence-electron chi connectivity index (χ1n) is 10.4. The highest BCUT2D eigenvalue weighted by Gasteiger charge is 2.70. The van der Waals surface area contributed by atoms with Crippen LogP contribution < -0.4 is 5.56 Å². The lowest BCUT2D eigenvalue weighted by Crippen LogP contribution is -2.52. The molecule has 3 aliphatic carbocycles. The second-order valence-electron chi connectivity index (χ2n) is 8.72. The molecule has 0 aliphatic heterocycles. The molecule has 3 heteroatoms. The highest BCUT2D eigenvalue weighted by atomic mass is 16.1. The fraction of sp³-hybridized carbons (Fsp3) is 0.111. The minimum Gasteiger partial charge on any atom is -0.304 e. The van der Waals surface area contributed by atoms with Crippen LogP contribution in [0.3, 0.4) is 0 Å². The second kappa shape index (κ2) is 4.71. The molecule has 1 spiro atoms. The number of nitrogens with zero attached hydrogens (tertiary/aromatic N) is 2. The Kier molecular flexibility index (Phi) is 2.38. The molecule has 5 aromatic rings. The summed E-state index contributed by atoms with van der Waals surface area (Å²) in [6.07, 6.45) is 2.10. The molecule has 0 saturated carbocycles. The highest BCUT2D eigenvalue weighted by molar-refractivity contribution is 5.94. The molecule has 0 bridgehead atoms. The summed E-state index contributed by atoms with van der Waals surface area (Å²) in [5, 5.41) is 2.13. The normalized spacial score (nSPS) is 24.3. The van der Waals surface area contributed by atoms with Crippen LogP contribution >= 0.6 is 0 Å². The lowest BCUT2D eigenvalue weighted by atomic mass is 9.43. The van der Waals surface area contributed by atoms with Gasteiger partial charge in [-0.2, -0.15) is 4.98 Å². The van der Waals surface area contributed by atoms with Gasteiger partial charge in [0, 0.05) is 40.1 Å². The molecule has 8 rings (SSSR count). The summed E-state index contributed by atoms with van der Waals surface area (Å²) in [4.78, 5) is 18.1. The average Bonchev–Trinajstić information content (AvgIpc) is 3.00. The third-order valence-electron chi connectivity index (χ3n) is 7.71. The summed E-state index contributed by atoms with van der Waals surface area (Å²) in [6, 6.07) is 27.7. The summed E-state index contributed by atoms with van der Waals surface area (Å²) < 4.78 is 2.19. The number of rotatable bonds is 0. The van der Waals surface area contributed by atoms with Crippen molar-refractivity contribution in [2.24, 2.45) is 0 Å². The molecule has 0 radical (unpaired) electrons. The lowest BCUT2D eigenvalue weighted by Gasteiger charge is -2.58. The summed E-state index contributed by atoms with van der Waals surface area (Å²) >= 11 is 0. The third kappa shape index (κ3) is 1.36. The first kappa shape index (κ1) is 15.2. The van der Waals surface area contributed by atoms with Gasteiger partial charge in [0.25, 0.3) is 5.56 Å². The molecule has 2 aromatic heterocycles. The van der Waals surface area contributed by atoms with Gasteiger partial charge in [0.2, 0.25) is 0 Å². The zero-order chi connectivity index (χ0) is 19.6. The largest absolute Gasteiger partial charge is 0.304 e. The van der Waals surface area contributed by atoms with Gasteiger partial charge in [-0.1, -0.05) is 72.8 Å². The minimum absolute atomic E-state index is 0.0689. The number of hydrogen-bond donors (Lipinski definition) is 0. The molecule has 0 N–H and O–H groups in total. The Labute approximate surface area is 172 Å². The summed E-state index contributed by atoms with van der Waals surface area (Å²) in [5.74, 6) is 0.305. The van der Waals surface area contributed by atoms with Crippen molar-refractivity contribution in [2.45, 2.75) is 17.3 Å². The van der Waals surface area contributed by atoms with E-state index < -0.39 is 0 Å². The van der Waals surface area contributed by atoms with Gasteiger partial charge < -0.3 is 4.40 Å². The fourth-order valence-electron chi connectivity index (χ4n) is 6.74. The van der Waals surface area contributed by atoms with Gasteiger partial charge in [-0.05, 0) is 33.7 Å². The molecule has 0 amide bonds. The van der Waals surface area contributed by atoms with Crippen molar-refractivity contribution in [2.75, 3.05) is 0 Å². The van der Waals surface area contributed by atoms with Crippen LogP contribution in [0.2, 0.25) is 0 Å². The Morgan fingerprint density at radius 2 is 1.43 bits per heavy atom. The van der Waals surface area contributed by atoms with Crippen LogP contribution in [0.15, 0.2) is 89.9 Å². The van der Waals surface area contributed by atoms with Gasteiger partial charge >= 0.3 is 0 Å². The van der Waals surface area contributed by atoms with E-state index in [1.54, 1.807) is 0 Å². The van der Waals surface area contributed by atoms with Gasteiger partial charge in [0.1, 0.15) is 5.65 Å². The number of aromatic nitrogens is 2. The van der Waals surface area contributed by atoms with E-state index in [4.69, 9.17) is 0 Å². The van der Waals surface area contributed by atoms with Crippen LogP contribution in [-0.2, 0) is 5.41 Å². The van der Waals surface area contributed by atoms with Crippen molar-refractivity contribution in [3.8, 4) is 0 Å². The number of hydrogen-bond acceptors (Lipinski definition) is 2. The molecule has 3 aliphatic rings. The molecule has 3 aromatic carbocycles. The van der Waals surface area contributed by atoms with E-state index in [9.17, 15) is 4.79 Å². The van der Waals surface area contributed by atoms with E-state index >= 15 is 0 Å². The third-order valence-corrected chi connectivity index (χ3v) is 7.71. The van der Waals surface area contributed by atoms with Crippen molar-refractivity contribution < 1.29 is 0 Å². The molecule has 3 atom stereocenters.